The lowest BCUT2D eigenvalue weighted by atomic mass is 9.73. The van der Waals surface area contributed by atoms with Crippen LogP contribution in [0, 0.1) is 11.8 Å². The van der Waals surface area contributed by atoms with Crippen molar-refractivity contribution in [3.05, 3.63) is 0 Å². The van der Waals surface area contributed by atoms with Gasteiger partial charge in [-0.1, -0.05) is 32.6 Å². The Labute approximate surface area is 106 Å². The van der Waals surface area contributed by atoms with Gasteiger partial charge in [-0.15, -0.1) is 0 Å². The van der Waals surface area contributed by atoms with E-state index in [1.165, 1.54) is 32.1 Å². The van der Waals surface area contributed by atoms with Crippen LogP contribution in [0.3, 0.4) is 0 Å². The van der Waals surface area contributed by atoms with Crippen molar-refractivity contribution in [1.82, 2.24) is 5.43 Å². The van der Waals surface area contributed by atoms with Crippen molar-refractivity contribution in [1.29, 1.82) is 0 Å². The van der Waals surface area contributed by atoms with Crippen LogP contribution in [0.15, 0.2) is 0 Å². The van der Waals surface area contributed by atoms with E-state index in [2.05, 4.69) is 12.3 Å². The molecule has 1 rings (SSSR count). The van der Waals surface area contributed by atoms with Gasteiger partial charge in [-0.2, -0.15) is 0 Å². The standard InChI is InChI=1S/C14H30N2O/c1-3-12-8-5-6-9-13(12)14(16-15)10-7-11-17-4-2/h12-14,16H,3-11,15H2,1-2H3. The molecule has 0 aromatic carbocycles. The minimum absolute atomic E-state index is 0.487. The van der Waals surface area contributed by atoms with Gasteiger partial charge in [0.25, 0.3) is 0 Å². The Morgan fingerprint density at radius 3 is 2.71 bits per heavy atom. The van der Waals surface area contributed by atoms with Crippen molar-refractivity contribution in [3.8, 4) is 0 Å². The minimum atomic E-state index is 0.487. The van der Waals surface area contributed by atoms with Crippen molar-refractivity contribution in [3.63, 3.8) is 0 Å². The highest BCUT2D eigenvalue weighted by Gasteiger charge is 2.29. The normalized spacial score (nSPS) is 27.0. The molecule has 1 aliphatic rings. The van der Waals surface area contributed by atoms with Gasteiger partial charge in [0.1, 0.15) is 0 Å². The first kappa shape index (κ1) is 14.9. The van der Waals surface area contributed by atoms with Crippen LogP contribution in [-0.4, -0.2) is 19.3 Å². The molecular weight excluding hydrogens is 212 g/mol. The number of ether oxygens (including phenoxy) is 1. The molecular formula is C14H30N2O. The monoisotopic (exact) mass is 242 g/mol. The summed E-state index contributed by atoms with van der Waals surface area (Å²) >= 11 is 0. The van der Waals surface area contributed by atoms with E-state index in [1.54, 1.807) is 0 Å². The quantitative estimate of drug-likeness (QED) is 0.391. The first-order valence-electron chi connectivity index (χ1n) is 7.37. The maximum atomic E-state index is 5.74. The molecule has 3 unspecified atom stereocenters. The zero-order valence-electron chi connectivity index (χ0n) is 11.6. The largest absolute Gasteiger partial charge is 0.382 e. The highest BCUT2D eigenvalue weighted by atomic mass is 16.5. The third-order valence-electron chi connectivity index (χ3n) is 4.23. The van der Waals surface area contributed by atoms with Crippen LogP contribution in [-0.2, 0) is 4.74 Å². The predicted molar refractivity (Wildman–Crippen MR) is 72.6 cm³/mol. The summed E-state index contributed by atoms with van der Waals surface area (Å²) in [4.78, 5) is 0. The third-order valence-corrected chi connectivity index (χ3v) is 4.23. The van der Waals surface area contributed by atoms with Gasteiger partial charge in [0.15, 0.2) is 0 Å². The average Bonchev–Trinajstić information content (AvgIpc) is 2.39. The number of hydrogen-bond acceptors (Lipinski definition) is 3. The zero-order chi connectivity index (χ0) is 12.5. The second kappa shape index (κ2) is 8.90. The van der Waals surface area contributed by atoms with Gasteiger partial charge in [0.05, 0.1) is 0 Å². The molecule has 0 bridgehead atoms. The van der Waals surface area contributed by atoms with E-state index in [0.29, 0.717) is 6.04 Å². The Morgan fingerprint density at radius 2 is 2.06 bits per heavy atom. The van der Waals surface area contributed by atoms with Crippen LogP contribution < -0.4 is 11.3 Å². The third kappa shape index (κ3) is 4.94. The molecule has 3 heteroatoms. The molecule has 1 saturated carbocycles. The Hall–Kier alpha value is -0.120. The first-order chi connectivity index (χ1) is 8.33. The van der Waals surface area contributed by atoms with Gasteiger partial charge >= 0.3 is 0 Å². The summed E-state index contributed by atoms with van der Waals surface area (Å²) in [5.41, 5.74) is 3.06. The lowest BCUT2D eigenvalue weighted by molar-refractivity contribution is 0.125. The zero-order valence-corrected chi connectivity index (χ0v) is 11.6. The molecule has 0 aromatic heterocycles. The van der Waals surface area contributed by atoms with E-state index in [1.807, 2.05) is 6.92 Å². The molecule has 1 aliphatic carbocycles. The summed E-state index contributed by atoms with van der Waals surface area (Å²) in [5.74, 6) is 7.39. The fourth-order valence-corrected chi connectivity index (χ4v) is 3.24. The highest BCUT2D eigenvalue weighted by molar-refractivity contribution is 4.83. The van der Waals surface area contributed by atoms with Gasteiger partial charge in [-0.05, 0) is 38.0 Å². The fraction of sp³-hybridized carbons (Fsp3) is 1.00. The predicted octanol–water partition coefficient (Wildman–Crippen LogP) is 2.85. The van der Waals surface area contributed by atoms with Crippen LogP contribution in [0.1, 0.15) is 58.8 Å². The molecule has 17 heavy (non-hydrogen) atoms. The maximum Gasteiger partial charge on any atom is 0.0466 e. The van der Waals surface area contributed by atoms with Crippen molar-refractivity contribution < 1.29 is 4.74 Å². The molecule has 0 saturated heterocycles. The number of nitrogens with one attached hydrogen (secondary N) is 1. The van der Waals surface area contributed by atoms with Crippen LogP contribution in [0.2, 0.25) is 0 Å². The van der Waals surface area contributed by atoms with E-state index >= 15 is 0 Å². The summed E-state index contributed by atoms with van der Waals surface area (Å²) < 4.78 is 5.40. The molecule has 0 aromatic rings. The molecule has 0 amide bonds. The second-order valence-electron chi connectivity index (χ2n) is 5.23. The summed E-state index contributed by atoms with van der Waals surface area (Å²) in [7, 11) is 0. The van der Waals surface area contributed by atoms with Gasteiger partial charge in [0, 0.05) is 19.3 Å². The first-order valence-corrected chi connectivity index (χ1v) is 7.37. The molecule has 3 atom stereocenters. The average molecular weight is 242 g/mol. The van der Waals surface area contributed by atoms with E-state index in [-0.39, 0.29) is 0 Å². The summed E-state index contributed by atoms with van der Waals surface area (Å²) in [6, 6.07) is 0.487. The lowest BCUT2D eigenvalue weighted by Crippen LogP contribution is -2.44. The van der Waals surface area contributed by atoms with E-state index in [9.17, 15) is 0 Å². The van der Waals surface area contributed by atoms with Crippen LogP contribution in [0.5, 0.6) is 0 Å². The lowest BCUT2D eigenvalue weighted by Gasteiger charge is -2.36. The van der Waals surface area contributed by atoms with Gasteiger partial charge in [-0.25, -0.2) is 0 Å². The van der Waals surface area contributed by atoms with E-state index in [4.69, 9.17) is 10.6 Å². The SMILES string of the molecule is CCOCCCC(NN)C1CCCCC1CC. The van der Waals surface area contributed by atoms with Crippen LogP contribution in [0.4, 0.5) is 0 Å². The molecule has 0 radical (unpaired) electrons. The van der Waals surface area contributed by atoms with Gasteiger partial charge in [0.2, 0.25) is 0 Å². The van der Waals surface area contributed by atoms with Crippen molar-refractivity contribution >= 4 is 0 Å². The Kier molecular flexibility index (Phi) is 7.82. The Balaban J connectivity index is 2.35. The molecule has 0 heterocycles. The highest BCUT2D eigenvalue weighted by Crippen LogP contribution is 2.35. The smallest absolute Gasteiger partial charge is 0.0466 e. The topological polar surface area (TPSA) is 47.3 Å². The summed E-state index contributed by atoms with van der Waals surface area (Å²) in [6.45, 7) is 6.06. The van der Waals surface area contributed by atoms with E-state index < -0.39 is 0 Å². The minimum Gasteiger partial charge on any atom is -0.382 e. The Morgan fingerprint density at radius 1 is 1.29 bits per heavy atom. The molecule has 3 nitrogen and oxygen atoms in total. The van der Waals surface area contributed by atoms with Crippen LogP contribution >= 0.6 is 0 Å². The van der Waals surface area contributed by atoms with E-state index in [0.717, 1.165) is 37.9 Å². The number of hydrogen-bond donors (Lipinski definition) is 2. The molecule has 102 valence electrons. The summed E-state index contributed by atoms with van der Waals surface area (Å²) in [6.07, 6.45) is 9.10. The molecule has 0 spiro atoms. The maximum absolute atomic E-state index is 5.74. The van der Waals surface area contributed by atoms with Crippen molar-refractivity contribution in [2.45, 2.75) is 64.8 Å². The molecule has 3 N–H and O–H groups in total. The number of nitrogens with two attached hydrogens (primary N) is 1. The number of rotatable bonds is 8. The van der Waals surface area contributed by atoms with Crippen molar-refractivity contribution in [2.75, 3.05) is 13.2 Å². The number of hydrazine groups is 1. The molecule has 0 aliphatic heterocycles. The second-order valence-corrected chi connectivity index (χ2v) is 5.23. The van der Waals surface area contributed by atoms with Crippen LogP contribution in [0.25, 0.3) is 0 Å². The van der Waals surface area contributed by atoms with Gasteiger partial charge < -0.3 is 4.74 Å². The fourth-order valence-electron chi connectivity index (χ4n) is 3.24. The Bertz CT molecular complexity index is 187. The summed E-state index contributed by atoms with van der Waals surface area (Å²) in [5, 5.41) is 0. The van der Waals surface area contributed by atoms with Crippen molar-refractivity contribution in [2.24, 2.45) is 17.7 Å². The van der Waals surface area contributed by atoms with Gasteiger partial charge in [-0.3, -0.25) is 11.3 Å². The molecule has 1 fully saturated rings.